The van der Waals surface area contributed by atoms with E-state index in [-0.39, 0.29) is 29.6 Å². The van der Waals surface area contributed by atoms with Crippen LogP contribution in [0.1, 0.15) is 104 Å². The smallest absolute Gasteiger partial charge is 0.303 e. The second kappa shape index (κ2) is 18.5. The van der Waals surface area contributed by atoms with Crippen LogP contribution in [0.5, 0.6) is 0 Å². The van der Waals surface area contributed by atoms with Crippen LogP contribution >= 0.6 is 0 Å². The number of aliphatic carboxylic acids is 1. The third-order valence-corrected chi connectivity index (χ3v) is 3.92. The minimum atomic E-state index is -0.654. The van der Waals surface area contributed by atoms with E-state index >= 15 is 0 Å². The normalized spacial score (nSPS) is 10.6. The van der Waals surface area contributed by atoms with Gasteiger partial charge in [-0.15, -0.1) is 0 Å². The van der Waals surface area contributed by atoms with E-state index in [0.717, 1.165) is 18.8 Å². The average Bonchev–Trinajstić information content (AvgIpc) is 2.38. The molecule has 1 N–H and O–H groups in total. The molecule has 0 saturated carbocycles. The van der Waals surface area contributed by atoms with Gasteiger partial charge in [-0.3, -0.25) is 4.79 Å². The third kappa shape index (κ3) is 22.9. The molecule has 0 aromatic heterocycles. The topological polar surface area (TPSA) is 37.3 Å². The Kier molecular flexibility index (Phi) is 20.9. The minimum absolute atomic E-state index is 0. The number of hydrogen-bond donors (Lipinski definition) is 1. The summed E-state index contributed by atoms with van der Waals surface area (Å²) in [5.74, 6) is 0.212. The van der Waals surface area contributed by atoms with Crippen LogP contribution in [-0.2, 0) is 4.79 Å². The molecule has 0 aromatic rings. The largest absolute Gasteiger partial charge is 0.481 e. The standard InChI is InChI=1S/C18H36O2.Na/c1-17(2)15-13-11-9-7-5-3-4-6-8-10-12-14-16-18(19)20;/h17H,3-16H2,1-2H3,(H,19,20);. The fourth-order valence-electron chi connectivity index (χ4n) is 2.60. The number of unbranched alkanes of at least 4 members (excludes halogenated alkanes) is 11. The first-order valence-corrected chi connectivity index (χ1v) is 8.84. The summed E-state index contributed by atoms with van der Waals surface area (Å²) in [4.78, 5) is 10.3. The van der Waals surface area contributed by atoms with Gasteiger partial charge >= 0.3 is 5.97 Å². The molecule has 0 rings (SSSR count). The molecule has 0 unspecified atom stereocenters. The van der Waals surface area contributed by atoms with Gasteiger partial charge in [0.25, 0.3) is 0 Å². The fourth-order valence-corrected chi connectivity index (χ4v) is 2.60. The Labute approximate surface area is 154 Å². The van der Waals surface area contributed by atoms with Gasteiger partial charge in [-0.05, 0) is 12.3 Å². The van der Waals surface area contributed by atoms with Gasteiger partial charge in [-0.2, -0.15) is 0 Å². The van der Waals surface area contributed by atoms with Crippen LogP contribution in [0.2, 0.25) is 0 Å². The van der Waals surface area contributed by atoms with Crippen molar-refractivity contribution in [1.29, 1.82) is 0 Å². The SMILES string of the molecule is CC(C)CCCCCCCCCCCCCCC(=O)O.[Na]. The second-order valence-corrected chi connectivity index (χ2v) is 6.57. The maximum Gasteiger partial charge on any atom is 0.303 e. The summed E-state index contributed by atoms with van der Waals surface area (Å²) in [6, 6.07) is 0. The molecule has 0 atom stereocenters. The molecular weight excluding hydrogens is 271 g/mol. The molecule has 0 amide bonds. The predicted molar refractivity (Wildman–Crippen MR) is 92.9 cm³/mol. The van der Waals surface area contributed by atoms with Crippen LogP contribution in [-0.4, -0.2) is 40.6 Å². The van der Waals surface area contributed by atoms with Gasteiger partial charge in [0.2, 0.25) is 0 Å². The van der Waals surface area contributed by atoms with Gasteiger partial charge in [0.05, 0.1) is 0 Å². The summed E-state index contributed by atoms with van der Waals surface area (Å²) in [6.45, 7) is 4.61. The number of carbonyl (C=O) groups is 1. The molecule has 21 heavy (non-hydrogen) atoms. The number of carboxylic acid groups (broad SMARTS) is 1. The first-order valence-electron chi connectivity index (χ1n) is 8.84. The van der Waals surface area contributed by atoms with E-state index in [9.17, 15) is 4.79 Å². The van der Waals surface area contributed by atoms with Gasteiger partial charge < -0.3 is 5.11 Å². The van der Waals surface area contributed by atoms with E-state index in [2.05, 4.69) is 13.8 Å². The first-order chi connectivity index (χ1) is 9.63. The Bertz CT molecular complexity index is 217. The van der Waals surface area contributed by atoms with Crippen LogP contribution in [0.4, 0.5) is 0 Å². The quantitative estimate of drug-likeness (QED) is 0.306. The zero-order valence-electron chi connectivity index (χ0n) is 14.8. The van der Waals surface area contributed by atoms with E-state index in [1.807, 2.05) is 0 Å². The van der Waals surface area contributed by atoms with Crippen molar-refractivity contribution in [2.75, 3.05) is 0 Å². The van der Waals surface area contributed by atoms with Crippen molar-refractivity contribution in [1.82, 2.24) is 0 Å². The monoisotopic (exact) mass is 307 g/mol. The molecular formula is C18H36NaO2. The van der Waals surface area contributed by atoms with Crippen molar-refractivity contribution in [3.63, 3.8) is 0 Å². The van der Waals surface area contributed by atoms with Crippen molar-refractivity contribution >= 4 is 35.5 Å². The van der Waals surface area contributed by atoms with E-state index in [4.69, 9.17) is 5.11 Å². The Morgan fingerprint density at radius 3 is 1.38 bits per heavy atom. The van der Waals surface area contributed by atoms with E-state index in [1.54, 1.807) is 0 Å². The molecule has 0 aliphatic rings. The van der Waals surface area contributed by atoms with Crippen LogP contribution in [0, 0.1) is 5.92 Å². The van der Waals surface area contributed by atoms with Gasteiger partial charge in [-0.25, -0.2) is 0 Å². The molecule has 0 fully saturated rings. The molecule has 3 heteroatoms. The molecule has 0 aromatic carbocycles. The Balaban J connectivity index is 0. The zero-order valence-corrected chi connectivity index (χ0v) is 16.8. The van der Waals surface area contributed by atoms with Crippen LogP contribution in [0.15, 0.2) is 0 Å². The van der Waals surface area contributed by atoms with E-state index in [0.29, 0.717) is 6.42 Å². The molecule has 0 heterocycles. The summed E-state index contributed by atoms with van der Waals surface area (Å²) in [5.41, 5.74) is 0. The minimum Gasteiger partial charge on any atom is -0.481 e. The van der Waals surface area contributed by atoms with Crippen molar-refractivity contribution in [3.8, 4) is 0 Å². The van der Waals surface area contributed by atoms with Crippen LogP contribution in [0.3, 0.4) is 0 Å². The summed E-state index contributed by atoms with van der Waals surface area (Å²) < 4.78 is 0. The average molecular weight is 307 g/mol. The summed E-state index contributed by atoms with van der Waals surface area (Å²) in [6.07, 6.45) is 17.3. The summed E-state index contributed by atoms with van der Waals surface area (Å²) in [5, 5.41) is 8.52. The molecule has 0 saturated heterocycles. The number of carboxylic acids is 1. The molecule has 2 nitrogen and oxygen atoms in total. The first kappa shape index (κ1) is 23.7. The van der Waals surface area contributed by atoms with Gasteiger partial charge in [0.1, 0.15) is 0 Å². The number of hydrogen-bond acceptors (Lipinski definition) is 1. The summed E-state index contributed by atoms with van der Waals surface area (Å²) >= 11 is 0. The maximum absolute atomic E-state index is 10.3. The molecule has 121 valence electrons. The van der Waals surface area contributed by atoms with Crippen LogP contribution in [0.25, 0.3) is 0 Å². The van der Waals surface area contributed by atoms with E-state index in [1.165, 1.54) is 70.6 Å². The number of rotatable bonds is 15. The van der Waals surface area contributed by atoms with Crippen molar-refractivity contribution in [2.24, 2.45) is 5.92 Å². The third-order valence-electron chi connectivity index (χ3n) is 3.92. The van der Waals surface area contributed by atoms with Crippen molar-refractivity contribution in [2.45, 2.75) is 104 Å². The van der Waals surface area contributed by atoms with Gasteiger partial charge in [0, 0.05) is 36.0 Å². The Morgan fingerprint density at radius 2 is 1.05 bits per heavy atom. The Morgan fingerprint density at radius 1 is 0.714 bits per heavy atom. The van der Waals surface area contributed by atoms with Crippen molar-refractivity contribution in [3.05, 3.63) is 0 Å². The fraction of sp³-hybridized carbons (Fsp3) is 0.944. The molecule has 0 bridgehead atoms. The van der Waals surface area contributed by atoms with Gasteiger partial charge in [-0.1, -0.05) is 90.9 Å². The Hall–Kier alpha value is 0.470. The molecule has 0 spiro atoms. The van der Waals surface area contributed by atoms with Crippen LogP contribution < -0.4 is 0 Å². The van der Waals surface area contributed by atoms with Gasteiger partial charge in [0.15, 0.2) is 0 Å². The van der Waals surface area contributed by atoms with Crippen molar-refractivity contribution < 1.29 is 9.90 Å². The predicted octanol–water partition coefficient (Wildman–Crippen LogP) is 5.81. The second-order valence-electron chi connectivity index (χ2n) is 6.57. The van der Waals surface area contributed by atoms with E-state index < -0.39 is 5.97 Å². The molecule has 0 aliphatic heterocycles. The summed E-state index contributed by atoms with van der Waals surface area (Å²) in [7, 11) is 0. The zero-order chi connectivity index (χ0) is 15.1. The maximum atomic E-state index is 10.3. The molecule has 0 aliphatic carbocycles. The molecule has 1 radical (unpaired) electrons.